The summed E-state index contributed by atoms with van der Waals surface area (Å²) >= 11 is 11.1. The summed E-state index contributed by atoms with van der Waals surface area (Å²) in [5, 5.41) is 9.01. The maximum absolute atomic E-state index is 12.0. The van der Waals surface area contributed by atoms with Crippen molar-refractivity contribution < 1.29 is 9.50 Å². The molecule has 66 valence electrons. The quantitative estimate of drug-likeness (QED) is 0.758. The van der Waals surface area contributed by atoms with Crippen molar-refractivity contribution in [3.63, 3.8) is 0 Å². The Morgan fingerprint density at radius 2 is 1.92 bits per heavy atom. The summed E-state index contributed by atoms with van der Waals surface area (Å²) in [5.41, 5.74) is 0.0309. The summed E-state index contributed by atoms with van der Waals surface area (Å²) in [7, 11) is 0. The van der Waals surface area contributed by atoms with E-state index in [2.05, 4.69) is 9.97 Å². The summed E-state index contributed by atoms with van der Waals surface area (Å²) in [6, 6.07) is 0. The van der Waals surface area contributed by atoms with Crippen molar-refractivity contribution in [1.29, 1.82) is 0 Å². The molecule has 0 saturated carbocycles. The first-order chi connectivity index (χ1) is 5.66. The summed E-state index contributed by atoms with van der Waals surface area (Å²) in [4.78, 5) is 7.10. The highest BCUT2D eigenvalue weighted by molar-refractivity contribution is 6.34. The molecule has 12 heavy (non-hydrogen) atoms. The number of rotatable bonds is 2. The Hall–Kier alpha value is -0.450. The van der Waals surface area contributed by atoms with E-state index in [0.29, 0.717) is 0 Å². The lowest BCUT2D eigenvalue weighted by Crippen LogP contribution is -2.03. The van der Waals surface area contributed by atoms with E-state index in [-0.39, 0.29) is 15.9 Å². The zero-order valence-corrected chi connectivity index (χ0v) is 7.35. The van der Waals surface area contributed by atoms with Gasteiger partial charge in [0.2, 0.25) is 0 Å². The molecule has 0 amide bonds. The summed E-state index contributed by atoms with van der Waals surface area (Å²) in [6.07, 6.45) is -0.217. The summed E-state index contributed by atoms with van der Waals surface area (Å²) in [5.74, 6) is 0. The number of hydrogen-bond donors (Lipinski definition) is 1. The Bertz CT molecular complexity index is 264. The molecule has 1 N–H and O–H groups in total. The zero-order chi connectivity index (χ0) is 9.14. The van der Waals surface area contributed by atoms with Gasteiger partial charge < -0.3 is 5.11 Å². The third kappa shape index (κ3) is 1.83. The zero-order valence-electron chi connectivity index (χ0n) is 5.84. The van der Waals surface area contributed by atoms with E-state index in [1.165, 1.54) is 0 Å². The van der Waals surface area contributed by atoms with Gasteiger partial charge in [0.25, 0.3) is 0 Å². The monoisotopic (exact) mass is 210 g/mol. The second kappa shape index (κ2) is 3.98. The van der Waals surface area contributed by atoms with Crippen LogP contribution < -0.4 is 0 Å². The molecule has 0 aromatic carbocycles. The first-order valence-electron chi connectivity index (χ1n) is 3.06. The van der Waals surface area contributed by atoms with Crippen LogP contribution in [0.1, 0.15) is 11.7 Å². The van der Waals surface area contributed by atoms with Gasteiger partial charge in [0.05, 0.1) is 5.56 Å². The van der Waals surface area contributed by atoms with Crippen molar-refractivity contribution in [3.05, 3.63) is 22.2 Å². The van der Waals surface area contributed by atoms with E-state index < -0.39 is 12.8 Å². The smallest absolute Gasteiger partial charge is 0.139 e. The van der Waals surface area contributed by atoms with Crippen LogP contribution in [0.5, 0.6) is 0 Å². The fraction of sp³-hybridized carbons (Fsp3) is 0.333. The molecule has 0 radical (unpaired) electrons. The van der Waals surface area contributed by atoms with Crippen molar-refractivity contribution in [2.45, 2.75) is 6.10 Å². The van der Waals surface area contributed by atoms with Gasteiger partial charge in [0.1, 0.15) is 29.4 Å². The van der Waals surface area contributed by atoms with Crippen molar-refractivity contribution in [2.24, 2.45) is 0 Å². The average molecular weight is 211 g/mol. The second-order valence-electron chi connectivity index (χ2n) is 2.04. The third-order valence-corrected chi connectivity index (χ3v) is 1.87. The van der Waals surface area contributed by atoms with E-state index in [0.717, 1.165) is 6.33 Å². The number of aliphatic hydroxyl groups is 1. The summed E-state index contributed by atoms with van der Waals surface area (Å²) < 4.78 is 12.0. The van der Waals surface area contributed by atoms with E-state index in [4.69, 9.17) is 28.3 Å². The fourth-order valence-electron chi connectivity index (χ4n) is 0.707. The van der Waals surface area contributed by atoms with Crippen molar-refractivity contribution >= 4 is 23.2 Å². The highest BCUT2D eigenvalue weighted by Crippen LogP contribution is 2.26. The Kier molecular flexibility index (Phi) is 3.20. The molecule has 1 aromatic rings. The van der Waals surface area contributed by atoms with Gasteiger partial charge in [-0.05, 0) is 0 Å². The second-order valence-corrected chi connectivity index (χ2v) is 2.76. The van der Waals surface area contributed by atoms with Gasteiger partial charge in [-0.3, -0.25) is 0 Å². The molecule has 0 aliphatic heterocycles. The molecule has 0 spiro atoms. The molecule has 0 aliphatic carbocycles. The third-order valence-electron chi connectivity index (χ3n) is 1.27. The lowest BCUT2D eigenvalue weighted by Gasteiger charge is -2.08. The molecule has 0 saturated heterocycles. The van der Waals surface area contributed by atoms with Crippen LogP contribution in [0.4, 0.5) is 4.39 Å². The molecule has 3 nitrogen and oxygen atoms in total. The number of hydrogen-bond acceptors (Lipinski definition) is 3. The van der Waals surface area contributed by atoms with Gasteiger partial charge in [0.15, 0.2) is 0 Å². The fourth-order valence-corrected chi connectivity index (χ4v) is 1.27. The van der Waals surface area contributed by atoms with Crippen LogP contribution in [0.2, 0.25) is 10.3 Å². The summed E-state index contributed by atoms with van der Waals surface area (Å²) in [6.45, 7) is -0.965. The van der Waals surface area contributed by atoms with Crippen LogP contribution in [-0.4, -0.2) is 21.7 Å². The maximum Gasteiger partial charge on any atom is 0.139 e. The number of halogens is 3. The van der Waals surface area contributed by atoms with Gasteiger partial charge in [-0.2, -0.15) is 0 Å². The van der Waals surface area contributed by atoms with E-state index in [1.54, 1.807) is 0 Å². The minimum atomic E-state index is -1.36. The van der Waals surface area contributed by atoms with Crippen molar-refractivity contribution in [2.75, 3.05) is 6.67 Å². The van der Waals surface area contributed by atoms with Crippen LogP contribution in [0.3, 0.4) is 0 Å². The van der Waals surface area contributed by atoms with Crippen LogP contribution in [0, 0.1) is 0 Å². The first-order valence-corrected chi connectivity index (χ1v) is 3.82. The van der Waals surface area contributed by atoms with Gasteiger partial charge in [-0.1, -0.05) is 23.2 Å². The number of nitrogens with zero attached hydrogens (tertiary/aromatic N) is 2. The molecule has 0 fully saturated rings. The highest BCUT2D eigenvalue weighted by atomic mass is 35.5. The van der Waals surface area contributed by atoms with Crippen LogP contribution in [0.25, 0.3) is 0 Å². The van der Waals surface area contributed by atoms with Crippen molar-refractivity contribution in [1.82, 2.24) is 9.97 Å². The number of aromatic nitrogens is 2. The largest absolute Gasteiger partial charge is 0.385 e. The maximum atomic E-state index is 12.0. The van der Waals surface area contributed by atoms with E-state index in [1.807, 2.05) is 0 Å². The van der Waals surface area contributed by atoms with Crippen LogP contribution >= 0.6 is 23.2 Å². The predicted octanol–water partition coefficient (Wildman–Crippen LogP) is 1.79. The van der Waals surface area contributed by atoms with Crippen LogP contribution in [0.15, 0.2) is 6.33 Å². The molecule has 0 bridgehead atoms. The normalized spacial score (nSPS) is 13.0. The molecule has 1 atom stereocenters. The Morgan fingerprint density at radius 1 is 1.42 bits per heavy atom. The lowest BCUT2D eigenvalue weighted by atomic mass is 10.2. The topological polar surface area (TPSA) is 46.0 Å². The lowest BCUT2D eigenvalue weighted by molar-refractivity contribution is 0.141. The molecule has 1 unspecified atom stereocenters. The standard InChI is InChI=1S/C6H5Cl2FN2O/c7-5-4(3(12)1-9)6(8)11-2-10-5/h2-3,12H,1H2. The van der Waals surface area contributed by atoms with Gasteiger partial charge in [-0.25, -0.2) is 14.4 Å². The predicted molar refractivity (Wildman–Crippen MR) is 43.0 cm³/mol. The molecular weight excluding hydrogens is 206 g/mol. The first kappa shape index (κ1) is 9.64. The number of alkyl halides is 1. The van der Waals surface area contributed by atoms with Crippen LogP contribution in [-0.2, 0) is 0 Å². The Morgan fingerprint density at radius 3 is 2.33 bits per heavy atom. The SMILES string of the molecule is OC(CF)c1c(Cl)ncnc1Cl. The molecule has 0 aliphatic rings. The van der Waals surface area contributed by atoms with Gasteiger partial charge in [0, 0.05) is 0 Å². The number of aliphatic hydroxyl groups excluding tert-OH is 1. The average Bonchev–Trinajstić information content (AvgIpc) is 2.03. The molecule has 6 heteroatoms. The molecule has 1 rings (SSSR count). The van der Waals surface area contributed by atoms with E-state index in [9.17, 15) is 4.39 Å². The van der Waals surface area contributed by atoms with Gasteiger partial charge >= 0.3 is 0 Å². The Balaban J connectivity index is 3.12. The van der Waals surface area contributed by atoms with E-state index >= 15 is 0 Å². The Labute approximate surface area is 78.2 Å². The molecule has 1 heterocycles. The molecular formula is C6H5Cl2FN2O. The molecule has 1 aromatic heterocycles. The minimum Gasteiger partial charge on any atom is -0.385 e. The van der Waals surface area contributed by atoms with Crippen molar-refractivity contribution in [3.8, 4) is 0 Å². The minimum absolute atomic E-state index is 0.0276. The van der Waals surface area contributed by atoms with Gasteiger partial charge in [-0.15, -0.1) is 0 Å². The highest BCUT2D eigenvalue weighted by Gasteiger charge is 2.16.